The van der Waals surface area contributed by atoms with E-state index in [2.05, 4.69) is 21.2 Å². The molecule has 0 aromatic heterocycles. The van der Waals surface area contributed by atoms with Crippen molar-refractivity contribution in [3.8, 4) is 5.75 Å². The van der Waals surface area contributed by atoms with Gasteiger partial charge in [-0.2, -0.15) is 0 Å². The lowest BCUT2D eigenvalue weighted by Crippen LogP contribution is -2.49. The van der Waals surface area contributed by atoms with E-state index in [1.165, 1.54) is 0 Å². The van der Waals surface area contributed by atoms with Gasteiger partial charge >= 0.3 is 0 Å². The number of nitrogens with one attached hydrogen (secondary N) is 1. The van der Waals surface area contributed by atoms with Crippen molar-refractivity contribution in [3.63, 3.8) is 0 Å². The van der Waals surface area contributed by atoms with Gasteiger partial charge in [0.1, 0.15) is 5.75 Å². The number of ether oxygens (including phenoxy) is 1. The Labute approximate surface area is 129 Å². The van der Waals surface area contributed by atoms with Crippen LogP contribution in [0.15, 0.2) is 22.7 Å². The summed E-state index contributed by atoms with van der Waals surface area (Å²) in [6.45, 7) is 7.78. The van der Waals surface area contributed by atoms with Gasteiger partial charge in [-0.15, -0.1) is 0 Å². The van der Waals surface area contributed by atoms with Gasteiger partial charge in [0.2, 0.25) is 5.91 Å². The highest BCUT2D eigenvalue weighted by Crippen LogP contribution is 2.28. The fourth-order valence-electron chi connectivity index (χ4n) is 1.73. The third-order valence-electron chi connectivity index (χ3n) is 3.25. The lowest BCUT2D eigenvalue weighted by Gasteiger charge is -2.27. The highest BCUT2D eigenvalue weighted by atomic mass is 79.9. The van der Waals surface area contributed by atoms with E-state index in [-0.39, 0.29) is 17.4 Å². The molecule has 20 heavy (non-hydrogen) atoms. The van der Waals surface area contributed by atoms with Crippen molar-refractivity contribution in [2.24, 2.45) is 11.1 Å². The highest BCUT2D eigenvalue weighted by Gasteiger charge is 2.28. The molecule has 1 aromatic rings. The van der Waals surface area contributed by atoms with E-state index in [0.717, 1.165) is 15.8 Å². The van der Waals surface area contributed by atoms with Crippen LogP contribution in [-0.2, 0) is 4.79 Å². The Hall–Kier alpha value is -1.07. The summed E-state index contributed by atoms with van der Waals surface area (Å²) in [6, 6.07) is 5.08. The first kappa shape index (κ1) is 17.0. The van der Waals surface area contributed by atoms with Crippen LogP contribution in [0.25, 0.3) is 0 Å². The molecule has 0 heterocycles. The number of carbonyl (C=O) groups excluding carboxylic acids is 1. The normalized spacial score (nSPS) is 14.6. The minimum Gasteiger partial charge on any atom is -0.496 e. The Morgan fingerprint density at radius 1 is 1.40 bits per heavy atom. The number of benzene rings is 1. The van der Waals surface area contributed by atoms with Crippen molar-refractivity contribution in [3.05, 3.63) is 28.2 Å². The molecule has 1 rings (SSSR count). The number of halogens is 1. The summed E-state index contributed by atoms with van der Waals surface area (Å²) >= 11 is 3.44. The van der Waals surface area contributed by atoms with Crippen LogP contribution in [0.1, 0.15) is 39.3 Å². The van der Waals surface area contributed by atoms with Gasteiger partial charge in [-0.3, -0.25) is 4.79 Å². The number of hydrogen-bond donors (Lipinski definition) is 2. The molecule has 5 heteroatoms. The molecule has 3 N–H and O–H groups in total. The van der Waals surface area contributed by atoms with Crippen molar-refractivity contribution in [2.75, 3.05) is 7.11 Å². The Bertz CT molecular complexity index is 483. The topological polar surface area (TPSA) is 64.3 Å². The summed E-state index contributed by atoms with van der Waals surface area (Å²) < 4.78 is 6.05. The van der Waals surface area contributed by atoms with Crippen LogP contribution in [-0.4, -0.2) is 19.1 Å². The van der Waals surface area contributed by atoms with Crippen LogP contribution in [0.4, 0.5) is 0 Å². The largest absolute Gasteiger partial charge is 0.496 e. The lowest BCUT2D eigenvalue weighted by atomic mass is 9.86. The Kier molecular flexibility index (Phi) is 5.59. The third kappa shape index (κ3) is 4.21. The highest BCUT2D eigenvalue weighted by molar-refractivity contribution is 9.10. The summed E-state index contributed by atoms with van der Waals surface area (Å²) in [6.07, 6.45) is 0. The van der Waals surface area contributed by atoms with Crippen molar-refractivity contribution < 1.29 is 9.53 Å². The first-order chi connectivity index (χ1) is 9.16. The van der Waals surface area contributed by atoms with E-state index in [0.29, 0.717) is 0 Å². The minimum atomic E-state index is -0.536. The van der Waals surface area contributed by atoms with Gasteiger partial charge in [0.25, 0.3) is 0 Å². The second kappa shape index (κ2) is 6.59. The Morgan fingerprint density at radius 2 is 2.00 bits per heavy atom. The second-order valence-corrected chi connectivity index (χ2v) is 6.82. The fraction of sp³-hybridized carbons (Fsp3) is 0.533. The van der Waals surface area contributed by atoms with E-state index in [9.17, 15) is 4.79 Å². The molecule has 0 spiro atoms. The molecular weight excluding hydrogens is 320 g/mol. The summed E-state index contributed by atoms with van der Waals surface area (Å²) in [5.41, 5.74) is 6.69. The average molecular weight is 343 g/mol. The number of amides is 1. The van der Waals surface area contributed by atoms with E-state index in [4.69, 9.17) is 10.5 Å². The van der Waals surface area contributed by atoms with Crippen molar-refractivity contribution in [2.45, 2.75) is 39.8 Å². The molecule has 0 saturated carbocycles. The van der Waals surface area contributed by atoms with Crippen LogP contribution in [0, 0.1) is 5.41 Å². The number of rotatable bonds is 4. The molecule has 0 radical (unpaired) electrons. The third-order valence-corrected chi connectivity index (χ3v) is 3.87. The van der Waals surface area contributed by atoms with E-state index in [1.807, 2.05) is 45.9 Å². The number of hydrogen-bond acceptors (Lipinski definition) is 3. The molecule has 4 nitrogen and oxygen atoms in total. The van der Waals surface area contributed by atoms with E-state index >= 15 is 0 Å². The van der Waals surface area contributed by atoms with Crippen molar-refractivity contribution in [1.29, 1.82) is 0 Å². The Balaban J connectivity index is 2.79. The Morgan fingerprint density at radius 3 is 2.45 bits per heavy atom. The molecular formula is C15H23BrN2O2. The average Bonchev–Trinajstić information content (AvgIpc) is 2.36. The monoisotopic (exact) mass is 342 g/mol. The molecule has 2 atom stereocenters. The molecule has 0 fully saturated rings. The number of carbonyl (C=O) groups is 1. The van der Waals surface area contributed by atoms with Gasteiger partial charge in [-0.05, 0) is 46.0 Å². The van der Waals surface area contributed by atoms with Crippen LogP contribution < -0.4 is 15.8 Å². The van der Waals surface area contributed by atoms with Crippen molar-refractivity contribution in [1.82, 2.24) is 5.32 Å². The van der Waals surface area contributed by atoms with Crippen LogP contribution >= 0.6 is 15.9 Å². The quantitative estimate of drug-likeness (QED) is 0.883. The van der Waals surface area contributed by atoms with Gasteiger partial charge in [0, 0.05) is 0 Å². The van der Waals surface area contributed by atoms with Crippen LogP contribution in [0.5, 0.6) is 5.75 Å². The lowest BCUT2D eigenvalue weighted by molar-refractivity contribution is -0.125. The maximum atomic E-state index is 12.1. The summed E-state index contributed by atoms with van der Waals surface area (Å²) in [5.74, 6) is 0.621. The van der Waals surface area contributed by atoms with Gasteiger partial charge in [-0.25, -0.2) is 0 Å². The first-order valence-electron chi connectivity index (χ1n) is 6.56. The molecule has 0 saturated heterocycles. The standard InChI is InChI=1S/C15H23BrN2O2/c1-9(18-14(19)13(17)15(2,3)4)10-6-7-12(20-5)11(16)8-10/h6-9,13H,17H2,1-5H3,(H,18,19)/t9?,13-/m1/s1. The fourth-order valence-corrected chi connectivity index (χ4v) is 2.29. The predicted octanol–water partition coefficient (Wildman–Crippen LogP) is 3.01. The second-order valence-electron chi connectivity index (χ2n) is 5.97. The molecule has 0 aliphatic heterocycles. The molecule has 0 aliphatic carbocycles. The number of methoxy groups -OCH3 is 1. The molecule has 0 bridgehead atoms. The molecule has 1 amide bonds. The zero-order chi connectivity index (χ0) is 15.5. The summed E-state index contributed by atoms with van der Waals surface area (Å²) in [4.78, 5) is 12.1. The first-order valence-corrected chi connectivity index (χ1v) is 7.35. The molecule has 0 aliphatic rings. The smallest absolute Gasteiger partial charge is 0.237 e. The zero-order valence-corrected chi connectivity index (χ0v) is 14.2. The SMILES string of the molecule is COc1ccc(C(C)NC(=O)[C@@H](N)C(C)(C)C)cc1Br. The summed E-state index contributed by atoms with van der Waals surface area (Å²) in [7, 11) is 1.62. The maximum Gasteiger partial charge on any atom is 0.237 e. The van der Waals surface area contributed by atoms with Gasteiger partial charge in [0.15, 0.2) is 0 Å². The molecule has 112 valence electrons. The van der Waals surface area contributed by atoms with Crippen LogP contribution in [0.3, 0.4) is 0 Å². The zero-order valence-electron chi connectivity index (χ0n) is 12.7. The maximum absolute atomic E-state index is 12.1. The van der Waals surface area contributed by atoms with E-state index in [1.54, 1.807) is 7.11 Å². The van der Waals surface area contributed by atoms with E-state index < -0.39 is 6.04 Å². The summed E-state index contributed by atoms with van der Waals surface area (Å²) in [5, 5.41) is 2.94. The number of nitrogens with two attached hydrogens (primary N) is 1. The van der Waals surface area contributed by atoms with Gasteiger partial charge in [-0.1, -0.05) is 26.8 Å². The minimum absolute atomic E-state index is 0.113. The van der Waals surface area contributed by atoms with Crippen molar-refractivity contribution >= 4 is 21.8 Å². The van der Waals surface area contributed by atoms with Crippen LogP contribution in [0.2, 0.25) is 0 Å². The van der Waals surface area contributed by atoms with Gasteiger partial charge < -0.3 is 15.8 Å². The van der Waals surface area contributed by atoms with Gasteiger partial charge in [0.05, 0.1) is 23.7 Å². The molecule has 1 unspecified atom stereocenters. The molecule has 1 aromatic carbocycles. The predicted molar refractivity (Wildman–Crippen MR) is 84.7 cm³/mol.